The Morgan fingerprint density at radius 1 is 1.64 bits per heavy atom. The molecule has 0 radical (unpaired) electrons. The van der Waals surface area contributed by atoms with Crippen LogP contribution in [0.1, 0.15) is 13.8 Å². The van der Waals surface area contributed by atoms with Crippen molar-refractivity contribution >= 4 is 11.7 Å². The van der Waals surface area contributed by atoms with Crippen molar-refractivity contribution in [2.45, 2.75) is 13.8 Å². The van der Waals surface area contributed by atoms with Gasteiger partial charge < -0.3 is 5.32 Å². The zero-order valence-corrected chi connectivity index (χ0v) is 6.63. The van der Waals surface area contributed by atoms with Crippen LogP contribution in [0.15, 0.2) is 12.3 Å². The molecule has 11 heavy (non-hydrogen) atoms. The highest BCUT2D eigenvalue weighted by atomic mass is 16.2. The molecule has 0 aromatic carbocycles. The minimum Gasteiger partial charge on any atom is -0.332 e. The fraction of sp³-hybridized carbons (Fsp3) is 0.500. The van der Waals surface area contributed by atoms with E-state index >= 15 is 0 Å². The second-order valence-corrected chi connectivity index (χ2v) is 2.82. The van der Waals surface area contributed by atoms with E-state index in [1.165, 1.54) is 6.92 Å². The van der Waals surface area contributed by atoms with Crippen molar-refractivity contribution in [3.8, 4) is 0 Å². The van der Waals surface area contributed by atoms with Crippen LogP contribution in [-0.4, -0.2) is 11.7 Å². The Morgan fingerprint density at radius 3 is 2.64 bits per heavy atom. The first-order valence-corrected chi connectivity index (χ1v) is 3.60. The molecule has 1 heterocycles. The summed E-state index contributed by atoms with van der Waals surface area (Å²) in [6.07, 6.45) is 3.42. The molecule has 0 aliphatic carbocycles. The van der Waals surface area contributed by atoms with Crippen molar-refractivity contribution < 1.29 is 9.59 Å². The van der Waals surface area contributed by atoms with Gasteiger partial charge in [0.15, 0.2) is 0 Å². The summed E-state index contributed by atoms with van der Waals surface area (Å²) in [6, 6.07) is 0. The van der Waals surface area contributed by atoms with E-state index in [1.54, 1.807) is 6.20 Å². The summed E-state index contributed by atoms with van der Waals surface area (Å²) < 4.78 is 0. The fourth-order valence-electron chi connectivity index (χ4n) is 1.28. The molecule has 0 saturated heterocycles. The molecule has 1 N–H and O–H groups in total. The zero-order valence-electron chi connectivity index (χ0n) is 6.63. The lowest BCUT2D eigenvalue weighted by atomic mass is 9.88. The van der Waals surface area contributed by atoms with Gasteiger partial charge in [-0.05, 0) is 12.8 Å². The van der Waals surface area contributed by atoms with Gasteiger partial charge in [-0.3, -0.25) is 9.59 Å². The minimum atomic E-state index is -0.486. The second-order valence-electron chi connectivity index (χ2n) is 2.82. The molecule has 1 aliphatic heterocycles. The molecule has 2 atom stereocenters. The molecule has 0 bridgehead atoms. The second kappa shape index (κ2) is 2.86. The molecule has 0 aromatic heterocycles. The van der Waals surface area contributed by atoms with Crippen molar-refractivity contribution in [1.82, 2.24) is 5.32 Å². The van der Waals surface area contributed by atoms with Gasteiger partial charge >= 0.3 is 0 Å². The first-order chi connectivity index (χ1) is 5.13. The molecule has 0 fully saturated rings. The van der Waals surface area contributed by atoms with Crippen molar-refractivity contribution in [2.75, 3.05) is 0 Å². The van der Waals surface area contributed by atoms with Crippen LogP contribution in [0.25, 0.3) is 0 Å². The molecule has 0 spiro atoms. The van der Waals surface area contributed by atoms with Gasteiger partial charge in [-0.25, -0.2) is 0 Å². The first-order valence-electron chi connectivity index (χ1n) is 3.60. The highest BCUT2D eigenvalue weighted by molar-refractivity contribution is 6.01. The van der Waals surface area contributed by atoms with Gasteiger partial charge in [0.1, 0.15) is 11.7 Å². The molecule has 0 aromatic rings. The topological polar surface area (TPSA) is 46.2 Å². The number of hydrogen-bond donors (Lipinski definition) is 1. The number of hydrogen-bond acceptors (Lipinski definition) is 2. The van der Waals surface area contributed by atoms with E-state index in [0.717, 1.165) is 0 Å². The van der Waals surface area contributed by atoms with Gasteiger partial charge in [-0.15, -0.1) is 0 Å². The van der Waals surface area contributed by atoms with E-state index < -0.39 is 5.92 Å². The van der Waals surface area contributed by atoms with E-state index in [4.69, 9.17) is 0 Å². The van der Waals surface area contributed by atoms with Crippen LogP contribution in [0.5, 0.6) is 0 Å². The van der Waals surface area contributed by atoms with Crippen LogP contribution >= 0.6 is 0 Å². The summed E-state index contributed by atoms with van der Waals surface area (Å²) in [7, 11) is 0. The zero-order chi connectivity index (χ0) is 8.43. The minimum absolute atomic E-state index is 0.0289. The average molecular weight is 153 g/mol. The van der Waals surface area contributed by atoms with Crippen molar-refractivity contribution in [3.63, 3.8) is 0 Å². The molecule has 3 nitrogen and oxygen atoms in total. The number of allylic oxidation sites excluding steroid dienone is 1. The monoisotopic (exact) mass is 153 g/mol. The quantitative estimate of drug-likeness (QED) is 0.556. The number of rotatable bonds is 1. The first kappa shape index (κ1) is 7.98. The number of ketones is 1. The van der Waals surface area contributed by atoms with Gasteiger partial charge in [-0.1, -0.05) is 13.0 Å². The summed E-state index contributed by atoms with van der Waals surface area (Å²) in [6.45, 7) is 3.31. The van der Waals surface area contributed by atoms with Gasteiger partial charge in [0.25, 0.3) is 0 Å². The molecule has 2 unspecified atom stereocenters. The summed E-state index contributed by atoms with van der Waals surface area (Å²) in [5, 5.41) is 2.50. The van der Waals surface area contributed by atoms with Crippen LogP contribution in [0.4, 0.5) is 0 Å². The maximum absolute atomic E-state index is 11.1. The van der Waals surface area contributed by atoms with E-state index in [1.807, 2.05) is 13.0 Å². The number of carbonyl (C=O) groups is 2. The van der Waals surface area contributed by atoms with E-state index in [-0.39, 0.29) is 17.6 Å². The molecule has 3 heteroatoms. The summed E-state index contributed by atoms with van der Waals surface area (Å²) in [4.78, 5) is 22.0. The van der Waals surface area contributed by atoms with Gasteiger partial charge in [-0.2, -0.15) is 0 Å². The van der Waals surface area contributed by atoms with Crippen LogP contribution < -0.4 is 5.32 Å². The predicted molar refractivity (Wildman–Crippen MR) is 40.6 cm³/mol. The standard InChI is InChI=1S/C8H11NO2/c1-5-3-4-9-8(11)7(5)6(2)10/h3-5,7H,1-2H3,(H,9,11). The molecule has 1 rings (SSSR count). The Hall–Kier alpha value is -1.12. The molecule has 1 amide bonds. The molecular formula is C8H11NO2. The Bertz CT molecular complexity index is 220. The van der Waals surface area contributed by atoms with Gasteiger partial charge in [0.05, 0.1) is 0 Å². The van der Waals surface area contributed by atoms with Crippen LogP contribution in [-0.2, 0) is 9.59 Å². The lowest BCUT2D eigenvalue weighted by Gasteiger charge is -2.20. The number of amides is 1. The Morgan fingerprint density at radius 2 is 2.27 bits per heavy atom. The lowest BCUT2D eigenvalue weighted by Crippen LogP contribution is -2.38. The highest BCUT2D eigenvalue weighted by Gasteiger charge is 2.29. The fourth-order valence-corrected chi connectivity index (χ4v) is 1.28. The molecule has 0 saturated carbocycles. The number of Topliss-reactive ketones (excluding diaryl/α,β-unsaturated/α-hetero) is 1. The van der Waals surface area contributed by atoms with Gasteiger partial charge in [0, 0.05) is 6.20 Å². The Balaban J connectivity index is 2.83. The molecule has 60 valence electrons. The van der Waals surface area contributed by atoms with Gasteiger partial charge in [0.2, 0.25) is 5.91 Å². The third kappa shape index (κ3) is 1.48. The van der Waals surface area contributed by atoms with E-state index in [0.29, 0.717) is 0 Å². The number of carbonyl (C=O) groups excluding carboxylic acids is 2. The molecule has 1 aliphatic rings. The van der Waals surface area contributed by atoms with Crippen LogP contribution in [0, 0.1) is 11.8 Å². The summed E-state index contributed by atoms with van der Waals surface area (Å²) >= 11 is 0. The van der Waals surface area contributed by atoms with Crippen LogP contribution in [0.3, 0.4) is 0 Å². The Labute approximate surface area is 65.5 Å². The maximum Gasteiger partial charge on any atom is 0.235 e. The summed E-state index contributed by atoms with van der Waals surface area (Å²) in [5.74, 6) is -0.715. The highest BCUT2D eigenvalue weighted by Crippen LogP contribution is 2.17. The summed E-state index contributed by atoms with van der Waals surface area (Å²) in [5.41, 5.74) is 0. The third-order valence-corrected chi connectivity index (χ3v) is 1.87. The van der Waals surface area contributed by atoms with Crippen molar-refractivity contribution in [3.05, 3.63) is 12.3 Å². The largest absolute Gasteiger partial charge is 0.332 e. The number of nitrogens with one attached hydrogen (secondary N) is 1. The predicted octanol–water partition coefficient (Wildman–Crippen LogP) is 0.471. The van der Waals surface area contributed by atoms with Crippen LogP contribution in [0.2, 0.25) is 0 Å². The van der Waals surface area contributed by atoms with E-state index in [9.17, 15) is 9.59 Å². The smallest absolute Gasteiger partial charge is 0.235 e. The lowest BCUT2D eigenvalue weighted by molar-refractivity contribution is -0.134. The SMILES string of the molecule is CC(=O)C1C(=O)NC=CC1C. The third-order valence-electron chi connectivity index (χ3n) is 1.87. The normalized spacial score (nSPS) is 29.8. The Kier molecular flexibility index (Phi) is 2.08. The van der Waals surface area contributed by atoms with Crippen molar-refractivity contribution in [2.24, 2.45) is 11.8 Å². The molecular weight excluding hydrogens is 142 g/mol. The van der Waals surface area contributed by atoms with Crippen molar-refractivity contribution in [1.29, 1.82) is 0 Å². The van der Waals surface area contributed by atoms with E-state index in [2.05, 4.69) is 5.32 Å². The maximum atomic E-state index is 11.1. The average Bonchev–Trinajstić information content (AvgIpc) is 1.85.